The number of unbranched alkanes of at least 4 members (excludes halogenated alkanes) is 6. The third kappa shape index (κ3) is 10.0. The second-order valence-corrected chi connectivity index (χ2v) is 10.4. The van der Waals surface area contributed by atoms with Gasteiger partial charge < -0.3 is 10.8 Å². The van der Waals surface area contributed by atoms with Crippen LogP contribution in [0.5, 0.6) is 0 Å². The van der Waals surface area contributed by atoms with Crippen molar-refractivity contribution in [3.63, 3.8) is 0 Å². The minimum absolute atomic E-state index is 0.148. The smallest absolute Gasteiger partial charge is 0.303 e. The largest absolute Gasteiger partial charge is 0.481 e. The van der Waals surface area contributed by atoms with Crippen LogP contribution >= 0.6 is 0 Å². The molecule has 186 valence electrons. The number of carboxylic acids is 1. The maximum atomic E-state index is 11.8. The Morgan fingerprint density at radius 2 is 1.64 bits per heavy atom. The molecule has 3 nitrogen and oxygen atoms in total. The number of carbonyl (C=O) groups is 1. The second-order valence-electron chi connectivity index (χ2n) is 10.4. The minimum Gasteiger partial charge on any atom is -0.481 e. The van der Waals surface area contributed by atoms with Crippen molar-refractivity contribution in [1.29, 1.82) is 0 Å². The van der Waals surface area contributed by atoms with Gasteiger partial charge in [-0.25, -0.2) is 0 Å². The summed E-state index contributed by atoms with van der Waals surface area (Å²) in [6, 6.07) is 10.9. The van der Waals surface area contributed by atoms with Crippen molar-refractivity contribution in [1.82, 2.24) is 0 Å². The zero-order valence-corrected chi connectivity index (χ0v) is 21.1. The van der Waals surface area contributed by atoms with E-state index in [1.54, 1.807) is 0 Å². The van der Waals surface area contributed by atoms with Gasteiger partial charge in [-0.2, -0.15) is 0 Å². The van der Waals surface area contributed by atoms with E-state index >= 15 is 0 Å². The van der Waals surface area contributed by atoms with Crippen LogP contribution in [-0.4, -0.2) is 17.6 Å². The van der Waals surface area contributed by atoms with Crippen LogP contribution < -0.4 is 5.73 Å². The summed E-state index contributed by atoms with van der Waals surface area (Å²) in [6.07, 6.45) is 22.9. The summed E-state index contributed by atoms with van der Waals surface area (Å²) in [5.74, 6) is -0.0435. The number of rotatable bonds is 18. The number of hydrogen-bond acceptors (Lipinski definition) is 2. The minimum atomic E-state index is -0.658. The highest BCUT2D eigenvalue weighted by Gasteiger charge is 2.39. The quantitative estimate of drug-likeness (QED) is 0.174. The number of allylic oxidation sites excluding steroid dienone is 2. The van der Waals surface area contributed by atoms with Gasteiger partial charge >= 0.3 is 5.97 Å². The number of nitrogens with two attached hydrogens (primary N) is 1. The summed E-state index contributed by atoms with van der Waals surface area (Å²) in [5, 5.41) is 9.74. The molecule has 1 aromatic carbocycles. The Morgan fingerprint density at radius 3 is 2.24 bits per heavy atom. The number of hydrogen-bond donors (Lipinski definition) is 2. The van der Waals surface area contributed by atoms with E-state index in [0.29, 0.717) is 12.5 Å². The summed E-state index contributed by atoms with van der Waals surface area (Å²) in [6.45, 7) is 2.90. The molecule has 0 aromatic heterocycles. The lowest BCUT2D eigenvalue weighted by Crippen LogP contribution is -2.31. The second kappa shape index (κ2) is 16.1. The van der Waals surface area contributed by atoms with Gasteiger partial charge in [0.15, 0.2) is 0 Å². The number of aliphatic carboxylic acids is 1. The molecule has 33 heavy (non-hydrogen) atoms. The van der Waals surface area contributed by atoms with Gasteiger partial charge in [0.05, 0.1) is 0 Å². The standard InChI is InChI=1S/C30H49NO2/c1-2-3-4-5-6-7-8-9-10-12-17-26(20-23-31)27(24-29(32)33)25-30(21-15-16-22-30)28-18-13-11-14-19-28/h7-8,11,13-14,18-19,26-27H,2-6,9-10,12,15-17,20-25,31H2,1H3,(H,32,33)/b8-7-/t26-,27-/m1/s1. The monoisotopic (exact) mass is 455 g/mol. The van der Waals surface area contributed by atoms with Crippen molar-refractivity contribution in [3.05, 3.63) is 48.0 Å². The van der Waals surface area contributed by atoms with Gasteiger partial charge in [-0.15, -0.1) is 0 Å². The van der Waals surface area contributed by atoms with E-state index in [2.05, 4.69) is 49.4 Å². The van der Waals surface area contributed by atoms with Crippen molar-refractivity contribution in [2.75, 3.05) is 6.54 Å². The van der Waals surface area contributed by atoms with Crippen LogP contribution in [0.3, 0.4) is 0 Å². The number of benzene rings is 1. The van der Waals surface area contributed by atoms with Crippen molar-refractivity contribution in [2.45, 2.75) is 115 Å². The van der Waals surface area contributed by atoms with Crippen molar-refractivity contribution in [3.8, 4) is 0 Å². The first-order valence-corrected chi connectivity index (χ1v) is 13.7. The van der Waals surface area contributed by atoms with Crippen LogP contribution in [0.15, 0.2) is 42.5 Å². The highest BCUT2D eigenvalue weighted by atomic mass is 16.4. The van der Waals surface area contributed by atoms with Crippen molar-refractivity contribution in [2.24, 2.45) is 17.6 Å². The first-order chi connectivity index (χ1) is 16.1. The predicted molar refractivity (Wildman–Crippen MR) is 140 cm³/mol. The van der Waals surface area contributed by atoms with Gasteiger partial charge in [0.2, 0.25) is 0 Å². The normalized spacial score (nSPS) is 17.4. The van der Waals surface area contributed by atoms with Crippen LogP contribution in [0, 0.1) is 11.8 Å². The molecule has 3 N–H and O–H groups in total. The third-order valence-corrected chi connectivity index (χ3v) is 7.83. The van der Waals surface area contributed by atoms with Gasteiger partial charge in [-0.05, 0) is 80.7 Å². The fourth-order valence-corrected chi connectivity index (χ4v) is 6.01. The highest BCUT2D eigenvalue weighted by molar-refractivity contribution is 5.67. The van der Waals surface area contributed by atoms with E-state index < -0.39 is 5.97 Å². The van der Waals surface area contributed by atoms with Gasteiger partial charge in [0, 0.05) is 6.42 Å². The molecule has 0 heterocycles. The SMILES string of the molecule is CCCCCC/C=C\CCCC[C@H](CCN)[C@H](CC(=O)O)CC1(c2ccccc2)CCCC1. The van der Waals surface area contributed by atoms with Gasteiger partial charge in [0.25, 0.3) is 0 Å². The van der Waals surface area contributed by atoms with E-state index in [-0.39, 0.29) is 17.8 Å². The molecular weight excluding hydrogens is 406 g/mol. The summed E-state index contributed by atoms with van der Waals surface area (Å²) < 4.78 is 0. The van der Waals surface area contributed by atoms with Crippen LogP contribution in [0.2, 0.25) is 0 Å². The fraction of sp³-hybridized carbons (Fsp3) is 0.700. The van der Waals surface area contributed by atoms with E-state index in [9.17, 15) is 9.90 Å². The van der Waals surface area contributed by atoms with Crippen LogP contribution in [0.25, 0.3) is 0 Å². The molecule has 0 bridgehead atoms. The summed E-state index contributed by atoms with van der Waals surface area (Å²) in [5.41, 5.74) is 7.57. The fourth-order valence-electron chi connectivity index (χ4n) is 6.01. The maximum absolute atomic E-state index is 11.8. The molecule has 0 unspecified atom stereocenters. The maximum Gasteiger partial charge on any atom is 0.303 e. The molecule has 3 heteroatoms. The van der Waals surface area contributed by atoms with Gasteiger partial charge in [-0.1, -0.05) is 94.4 Å². The zero-order chi connectivity index (χ0) is 23.8. The molecule has 1 aliphatic carbocycles. The summed E-state index contributed by atoms with van der Waals surface area (Å²) in [4.78, 5) is 11.8. The molecule has 1 aromatic rings. The first-order valence-electron chi connectivity index (χ1n) is 13.7. The molecule has 1 aliphatic rings. The Balaban J connectivity index is 1.93. The highest BCUT2D eigenvalue weighted by Crippen LogP contribution is 2.48. The molecular formula is C30H49NO2. The Bertz CT molecular complexity index is 663. The Hall–Kier alpha value is -1.61. The molecule has 1 saturated carbocycles. The topological polar surface area (TPSA) is 63.3 Å². The van der Waals surface area contributed by atoms with Crippen LogP contribution in [-0.2, 0) is 10.2 Å². The predicted octanol–water partition coefficient (Wildman–Crippen LogP) is 8.03. The molecule has 2 rings (SSSR count). The molecule has 2 atom stereocenters. The molecule has 0 spiro atoms. The zero-order valence-electron chi connectivity index (χ0n) is 21.1. The number of carboxylic acid groups (broad SMARTS) is 1. The Kier molecular flexibility index (Phi) is 13.5. The molecule has 0 saturated heterocycles. The van der Waals surface area contributed by atoms with Crippen LogP contribution in [0.1, 0.15) is 115 Å². The summed E-state index contributed by atoms with van der Waals surface area (Å²) in [7, 11) is 0. The van der Waals surface area contributed by atoms with Gasteiger partial charge in [0.1, 0.15) is 0 Å². The Morgan fingerprint density at radius 1 is 0.970 bits per heavy atom. The molecule has 0 aliphatic heterocycles. The van der Waals surface area contributed by atoms with E-state index in [1.165, 1.54) is 76.2 Å². The third-order valence-electron chi connectivity index (χ3n) is 7.83. The van der Waals surface area contributed by atoms with Crippen LogP contribution in [0.4, 0.5) is 0 Å². The van der Waals surface area contributed by atoms with Gasteiger partial charge in [-0.3, -0.25) is 4.79 Å². The lowest BCUT2D eigenvalue weighted by molar-refractivity contribution is -0.138. The van der Waals surface area contributed by atoms with E-state index in [4.69, 9.17) is 5.73 Å². The average Bonchev–Trinajstić information content (AvgIpc) is 3.29. The summed E-state index contributed by atoms with van der Waals surface area (Å²) >= 11 is 0. The van der Waals surface area contributed by atoms with E-state index in [0.717, 1.165) is 25.7 Å². The first kappa shape index (κ1) is 27.6. The average molecular weight is 456 g/mol. The van der Waals surface area contributed by atoms with Crippen molar-refractivity contribution < 1.29 is 9.90 Å². The van der Waals surface area contributed by atoms with E-state index in [1.807, 2.05) is 0 Å². The molecule has 1 fully saturated rings. The molecule has 0 amide bonds. The molecule has 0 radical (unpaired) electrons. The lowest BCUT2D eigenvalue weighted by Gasteiger charge is -2.37. The lowest BCUT2D eigenvalue weighted by atomic mass is 9.68. The Labute approximate surface area is 203 Å². The van der Waals surface area contributed by atoms with Crippen molar-refractivity contribution >= 4 is 5.97 Å².